The average Bonchev–Trinajstić information content (AvgIpc) is 3.51. The van der Waals surface area contributed by atoms with Crippen LogP contribution in [0.15, 0.2) is 91.1 Å². The number of anilines is 1. The lowest BCUT2D eigenvalue weighted by atomic mass is 9.66. The molecule has 1 amide bonds. The van der Waals surface area contributed by atoms with Crippen LogP contribution in [0, 0.1) is 28.1 Å². The standard InChI is InChI=1S/C29H23N5O/c1-32-18-26(33-16-15-22-11-5-7-13-24(22)33)28(19-30,20-31)29(32)23-12-6-8-14-25(23)34(27(29)35)17-21-9-3-2-4-10-21/h2-16,26H,17-18H2,1H3. The third kappa shape index (κ3) is 2.58. The van der Waals surface area contributed by atoms with Crippen LogP contribution in [0.4, 0.5) is 5.69 Å². The van der Waals surface area contributed by atoms with Gasteiger partial charge in [-0.05, 0) is 36.2 Å². The van der Waals surface area contributed by atoms with Crippen LogP contribution in [0.25, 0.3) is 10.9 Å². The van der Waals surface area contributed by atoms with Crippen molar-refractivity contribution in [3.63, 3.8) is 0 Å². The maximum absolute atomic E-state index is 14.5. The highest BCUT2D eigenvalue weighted by Crippen LogP contribution is 2.62. The van der Waals surface area contributed by atoms with E-state index in [0.717, 1.165) is 22.2 Å². The molecule has 6 heteroatoms. The quantitative estimate of drug-likeness (QED) is 0.450. The summed E-state index contributed by atoms with van der Waals surface area (Å²) in [4.78, 5) is 18.1. The Hall–Kier alpha value is -4.39. The zero-order valence-corrected chi connectivity index (χ0v) is 19.3. The fraction of sp³-hybridized carbons (Fsp3) is 0.207. The van der Waals surface area contributed by atoms with Crippen molar-refractivity contribution >= 4 is 22.5 Å². The number of benzene rings is 3. The van der Waals surface area contributed by atoms with Crippen molar-refractivity contribution in [1.82, 2.24) is 9.47 Å². The van der Waals surface area contributed by atoms with E-state index in [-0.39, 0.29) is 5.91 Å². The maximum atomic E-state index is 14.5. The second-order valence-electron chi connectivity index (χ2n) is 9.31. The van der Waals surface area contributed by atoms with Gasteiger partial charge in [0.1, 0.15) is 0 Å². The molecule has 1 fully saturated rings. The van der Waals surface area contributed by atoms with Gasteiger partial charge in [-0.15, -0.1) is 0 Å². The van der Waals surface area contributed by atoms with Crippen LogP contribution in [0.5, 0.6) is 0 Å². The number of rotatable bonds is 3. The molecule has 2 aliphatic heterocycles. The number of para-hydroxylation sites is 2. The normalized spacial score (nSPS) is 22.9. The average molecular weight is 458 g/mol. The summed E-state index contributed by atoms with van der Waals surface area (Å²) in [6, 6.07) is 31.5. The van der Waals surface area contributed by atoms with Crippen LogP contribution in [-0.4, -0.2) is 29.0 Å². The largest absolute Gasteiger partial charge is 0.340 e. The molecule has 0 saturated carbocycles. The lowest BCUT2D eigenvalue weighted by molar-refractivity contribution is -0.130. The van der Waals surface area contributed by atoms with Crippen molar-refractivity contribution in [1.29, 1.82) is 10.5 Å². The molecule has 35 heavy (non-hydrogen) atoms. The van der Waals surface area contributed by atoms with Crippen molar-refractivity contribution < 1.29 is 4.79 Å². The van der Waals surface area contributed by atoms with Crippen LogP contribution >= 0.6 is 0 Å². The fourth-order valence-electron chi connectivity index (χ4n) is 6.19. The van der Waals surface area contributed by atoms with E-state index < -0.39 is 17.0 Å². The molecular weight excluding hydrogens is 434 g/mol. The number of likely N-dealkylation sites (tertiary alicyclic amines) is 1. The molecule has 6 nitrogen and oxygen atoms in total. The fourth-order valence-corrected chi connectivity index (χ4v) is 6.19. The van der Waals surface area contributed by atoms with Gasteiger partial charge in [-0.1, -0.05) is 66.7 Å². The van der Waals surface area contributed by atoms with Gasteiger partial charge in [-0.2, -0.15) is 10.5 Å². The van der Waals surface area contributed by atoms with Gasteiger partial charge >= 0.3 is 0 Å². The number of nitriles is 2. The first-order valence-corrected chi connectivity index (χ1v) is 11.6. The summed E-state index contributed by atoms with van der Waals surface area (Å²) in [6.45, 7) is 0.759. The molecule has 1 spiro atoms. The van der Waals surface area contributed by atoms with E-state index >= 15 is 0 Å². The summed E-state index contributed by atoms with van der Waals surface area (Å²) in [5.74, 6) is -0.230. The Morgan fingerprint density at radius 2 is 1.60 bits per heavy atom. The molecule has 2 unspecified atom stereocenters. The van der Waals surface area contributed by atoms with Crippen LogP contribution in [0.3, 0.4) is 0 Å². The number of nitrogens with zero attached hydrogens (tertiary/aromatic N) is 5. The van der Waals surface area contributed by atoms with Gasteiger partial charge in [-0.3, -0.25) is 9.69 Å². The van der Waals surface area contributed by atoms with Gasteiger partial charge in [0.05, 0.1) is 24.7 Å². The van der Waals surface area contributed by atoms with Gasteiger partial charge in [-0.25, -0.2) is 0 Å². The lowest BCUT2D eigenvalue weighted by Crippen LogP contribution is -2.56. The van der Waals surface area contributed by atoms with Gasteiger partial charge < -0.3 is 9.47 Å². The summed E-state index contributed by atoms with van der Waals surface area (Å²) in [7, 11) is 1.86. The molecular formula is C29H23N5O. The number of fused-ring (bicyclic) bond motifs is 3. The molecule has 170 valence electrons. The first-order valence-electron chi connectivity index (χ1n) is 11.6. The molecule has 3 heterocycles. The molecule has 6 rings (SSSR count). The maximum Gasteiger partial charge on any atom is 0.255 e. The predicted molar refractivity (Wildman–Crippen MR) is 133 cm³/mol. The summed E-state index contributed by atoms with van der Waals surface area (Å²) in [6.07, 6.45) is 1.93. The van der Waals surface area contributed by atoms with Crippen molar-refractivity contribution in [2.24, 2.45) is 5.41 Å². The zero-order valence-electron chi connectivity index (χ0n) is 19.3. The first-order chi connectivity index (χ1) is 17.1. The van der Waals surface area contributed by atoms with Crippen LogP contribution in [0.1, 0.15) is 17.2 Å². The molecule has 4 aromatic rings. The van der Waals surface area contributed by atoms with Gasteiger partial charge in [0.15, 0.2) is 11.0 Å². The monoisotopic (exact) mass is 457 g/mol. The summed E-state index contributed by atoms with van der Waals surface area (Å²) < 4.78 is 2.00. The Balaban J connectivity index is 1.58. The van der Waals surface area contributed by atoms with E-state index in [0.29, 0.717) is 18.7 Å². The smallest absolute Gasteiger partial charge is 0.255 e. The minimum atomic E-state index is -1.64. The van der Waals surface area contributed by atoms with Gasteiger partial charge in [0.25, 0.3) is 5.91 Å². The summed E-state index contributed by atoms with van der Waals surface area (Å²) in [5, 5.41) is 22.5. The minimum Gasteiger partial charge on any atom is -0.340 e. The Morgan fingerprint density at radius 3 is 2.37 bits per heavy atom. The van der Waals surface area contributed by atoms with Crippen molar-refractivity contribution in [3.05, 3.63) is 102 Å². The van der Waals surface area contributed by atoms with E-state index in [1.807, 2.05) is 108 Å². The van der Waals surface area contributed by atoms with E-state index in [1.165, 1.54) is 0 Å². The Kier molecular flexibility index (Phi) is 4.57. The molecule has 2 aliphatic rings. The number of carbonyl (C=O) groups excluding carboxylic acids is 1. The topological polar surface area (TPSA) is 76.1 Å². The molecule has 0 bridgehead atoms. The Bertz CT molecular complexity index is 1530. The zero-order chi connectivity index (χ0) is 24.2. The molecule has 0 N–H and O–H groups in total. The van der Waals surface area contributed by atoms with Crippen molar-refractivity contribution in [2.45, 2.75) is 18.1 Å². The molecule has 1 saturated heterocycles. The van der Waals surface area contributed by atoms with Gasteiger partial charge in [0.2, 0.25) is 0 Å². The number of hydrogen-bond acceptors (Lipinski definition) is 4. The number of amides is 1. The van der Waals surface area contributed by atoms with Crippen LogP contribution in [-0.2, 0) is 16.9 Å². The number of carbonyl (C=O) groups is 1. The predicted octanol–water partition coefficient (Wildman–Crippen LogP) is 4.60. The highest BCUT2D eigenvalue weighted by molar-refractivity contribution is 6.09. The number of likely N-dealkylation sites (N-methyl/N-ethyl adjacent to an activating group) is 1. The Labute approximate surface area is 203 Å². The van der Waals surface area contributed by atoms with Gasteiger partial charge in [0, 0.05) is 29.5 Å². The molecule has 0 aliphatic carbocycles. The number of aromatic nitrogens is 1. The summed E-state index contributed by atoms with van der Waals surface area (Å²) >= 11 is 0. The first kappa shape index (κ1) is 21.2. The van der Waals surface area contributed by atoms with E-state index in [4.69, 9.17) is 0 Å². The lowest BCUT2D eigenvalue weighted by Gasteiger charge is -2.38. The van der Waals surface area contributed by atoms with E-state index in [2.05, 4.69) is 12.1 Å². The van der Waals surface area contributed by atoms with Crippen LogP contribution < -0.4 is 4.90 Å². The minimum absolute atomic E-state index is 0.230. The highest BCUT2D eigenvalue weighted by Gasteiger charge is 2.74. The highest BCUT2D eigenvalue weighted by atomic mass is 16.2. The second kappa shape index (κ2) is 7.56. The number of hydrogen-bond donors (Lipinski definition) is 0. The second-order valence-corrected chi connectivity index (χ2v) is 9.31. The Morgan fingerprint density at radius 1 is 0.914 bits per heavy atom. The molecule has 1 aromatic heterocycles. The van der Waals surface area contributed by atoms with Crippen molar-refractivity contribution in [2.75, 3.05) is 18.5 Å². The van der Waals surface area contributed by atoms with E-state index in [1.54, 1.807) is 4.90 Å². The third-order valence-corrected chi connectivity index (χ3v) is 7.73. The van der Waals surface area contributed by atoms with E-state index in [9.17, 15) is 15.3 Å². The third-order valence-electron chi connectivity index (χ3n) is 7.73. The van der Waals surface area contributed by atoms with Crippen molar-refractivity contribution in [3.8, 4) is 12.1 Å². The SMILES string of the molecule is CN1CC(n2ccc3ccccc32)C(C#N)(C#N)C12C(=O)N(Cc1ccccc1)c1ccccc12. The molecule has 2 atom stereocenters. The molecule has 0 radical (unpaired) electrons. The van der Waals surface area contributed by atoms with Crippen LogP contribution in [0.2, 0.25) is 0 Å². The molecule has 3 aromatic carbocycles. The summed E-state index contributed by atoms with van der Waals surface area (Å²) in [5.41, 5.74) is 0.338.